The second-order valence-corrected chi connectivity index (χ2v) is 6.94. The summed E-state index contributed by atoms with van der Waals surface area (Å²) in [5.41, 5.74) is 3.90. The lowest BCUT2D eigenvalue weighted by Crippen LogP contribution is -2.15. The lowest BCUT2D eigenvalue weighted by atomic mass is 10.1. The highest BCUT2D eigenvalue weighted by Crippen LogP contribution is 2.21. The molecule has 8 nitrogen and oxygen atoms in total. The third-order valence-electron chi connectivity index (χ3n) is 4.87. The van der Waals surface area contributed by atoms with Crippen LogP contribution in [0.4, 0.5) is 10.1 Å². The van der Waals surface area contributed by atoms with Crippen molar-refractivity contribution in [2.45, 2.75) is 6.92 Å². The van der Waals surface area contributed by atoms with Crippen molar-refractivity contribution in [3.05, 3.63) is 90.1 Å². The maximum Gasteiger partial charge on any atom is 0.274 e. The minimum atomic E-state index is -0.332. The van der Waals surface area contributed by atoms with Gasteiger partial charge in [-0.2, -0.15) is 0 Å². The Morgan fingerprint density at radius 3 is 2.74 bits per heavy atom. The summed E-state index contributed by atoms with van der Waals surface area (Å²) in [4.78, 5) is 18.5. The number of hydrogen-bond acceptors (Lipinski definition) is 5. The molecule has 0 radical (unpaired) electrons. The van der Waals surface area contributed by atoms with E-state index >= 15 is 0 Å². The molecule has 3 aromatic heterocycles. The maximum atomic E-state index is 13.1. The van der Waals surface area contributed by atoms with Gasteiger partial charge in [0, 0.05) is 17.4 Å². The second-order valence-electron chi connectivity index (χ2n) is 6.94. The minimum absolute atomic E-state index is 0.280. The van der Waals surface area contributed by atoms with Crippen LogP contribution in [0, 0.1) is 12.7 Å². The topological polar surface area (TPSA) is 90.0 Å². The fourth-order valence-electron chi connectivity index (χ4n) is 3.19. The van der Waals surface area contributed by atoms with Crippen molar-refractivity contribution < 1.29 is 9.18 Å². The summed E-state index contributed by atoms with van der Waals surface area (Å²) in [6.45, 7) is 1.90. The Morgan fingerprint density at radius 1 is 1.06 bits per heavy atom. The normalized spacial score (nSPS) is 11.0. The maximum absolute atomic E-state index is 13.1. The SMILES string of the molecule is Cc1ccc(-n2nnc(-c3ccc(F)cc3)n2)cc1NC(=O)c1cnc2ccccn12. The zero-order valence-electron chi connectivity index (χ0n) is 16.4. The number of amides is 1. The summed E-state index contributed by atoms with van der Waals surface area (Å²) in [6.07, 6.45) is 3.33. The van der Waals surface area contributed by atoms with E-state index in [0.29, 0.717) is 34.1 Å². The molecule has 1 N–H and O–H groups in total. The van der Waals surface area contributed by atoms with Crippen LogP contribution in [0.15, 0.2) is 73.1 Å². The summed E-state index contributed by atoms with van der Waals surface area (Å²) in [5, 5.41) is 15.4. The number of pyridine rings is 1. The number of benzene rings is 2. The largest absolute Gasteiger partial charge is 0.320 e. The Balaban J connectivity index is 1.43. The zero-order valence-corrected chi connectivity index (χ0v) is 16.4. The van der Waals surface area contributed by atoms with Crippen molar-refractivity contribution in [1.29, 1.82) is 0 Å². The summed E-state index contributed by atoms with van der Waals surface area (Å²) in [5.74, 6) is -0.240. The first-order chi connectivity index (χ1) is 15.1. The molecule has 3 heterocycles. The first-order valence-corrected chi connectivity index (χ1v) is 9.49. The summed E-state index contributed by atoms with van der Waals surface area (Å²) < 4.78 is 14.9. The Labute approximate surface area is 176 Å². The lowest BCUT2D eigenvalue weighted by molar-refractivity contribution is 0.102. The number of fused-ring (bicyclic) bond motifs is 1. The predicted molar refractivity (Wildman–Crippen MR) is 112 cm³/mol. The zero-order chi connectivity index (χ0) is 21.4. The first-order valence-electron chi connectivity index (χ1n) is 9.49. The number of imidazole rings is 1. The highest BCUT2D eigenvalue weighted by molar-refractivity contribution is 6.04. The molecular formula is C22H16FN7O. The average Bonchev–Trinajstić information content (AvgIpc) is 3.43. The number of anilines is 1. The average molecular weight is 413 g/mol. The third kappa shape index (κ3) is 3.52. The van der Waals surface area contributed by atoms with E-state index in [9.17, 15) is 9.18 Å². The third-order valence-corrected chi connectivity index (χ3v) is 4.87. The van der Waals surface area contributed by atoms with E-state index in [1.54, 1.807) is 28.8 Å². The van der Waals surface area contributed by atoms with Gasteiger partial charge in [0.25, 0.3) is 5.91 Å². The Morgan fingerprint density at radius 2 is 1.90 bits per heavy atom. The van der Waals surface area contributed by atoms with Crippen molar-refractivity contribution in [3.63, 3.8) is 0 Å². The van der Waals surface area contributed by atoms with Gasteiger partial charge in [-0.3, -0.25) is 9.20 Å². The molecule has 9 heteroatoms. The number of hydrogen-bond donors (Lipinski definition) is 1. The van der Waals surface area contributed by atoms with E-state index in [4.69, 9.17) is 0 Å². The van der Waals surface area contributed by atoms with Crippen LogP contribution in [0.5, 0.6) is 0 Å². The smallest absolute Gasteiger partial charge is 0.274 e. The molecule has 0 bridgehead atoms. The van der Waals surface area contributed by atoms with Gasteiger partial charge in [0.05, 0.1) is 11.9 Å². The number of tetrazole rings is 1. The molecule has 0 unspecified atom stereocenters. The molecule has 0 atom stereocenters. The second kappa shape index (κ2) is 7.45. The van der Waals surface area contributed by atoms with E-state index in [1.807, 2.05) is 37.3 Å². The summed E-state index contributed by atoms with van der Waals surface area (Å²) in [7, 11) is 0. The van der Waals surface area contributed by atoms with Crippen molar-refractivity contribution in [2.75, 3.05) is 5.32 Å². The number of rotatable bonds is 4. The number of aromatic nitrogens is 6. The van der Waals surface area contributed by atoms with E-state index in [0.717, 1.165) is 5.56 Å². The highest BCUT2D eigenvalue weighted by Gasteiger charge is 2.14. The van der Waals surface area contributed by atoms with Gasteiger partial charge in [-0.1, -0.05) is 12.1 Å². The molecule has 0 saturated carbocycles. The van der Waals surface area contributed by atoms with Crippen LogP contribution in [0.1, 0.15) is 16.1 Å². The Bertz CT molecular complexity index is 1410. The molecule has 31 heavy (non-hydrogen) atoms. The van der Waals surface area contributed by atoms with Gasteiger partial charge in [0.15, 0.2) is 0 Å². The van der Waals surface area contributed by atoms with E-state index in [2.05, 4.69) is 25.7 Å². The van der Waals surface area contributed by atoms with Crippen LogP contribution in [-0.2, 0) is 0 Å². The van der Waals surface area contributed by atoms with Crippen molar-refractivity contribution in [3.8, 4) is 17.1 Å². The summed E-state index contributed by atoms with van der Waals surface area (Å²) in [6, 6.07) is 16.9. The van der Waals surface area contributed by atoms with E-state index in [-0.39, 0.29) is 11.7 Å². The monoisotopic (exact) mass is 413 g/mol. The highest BCUT2D eigenvalue weighted by atomic mass is 19.1. The predicted octanol–water partition coefficient (Wildman–Crippen LogP) is 3.68. The number of halogens is 1. The van der Waals surface area contributed by atoms with Crippen molar-refractivity contribution in [2.24, 2.45) is 0 Å². The molecule has 0 aliphatic heterocycles. The quantitative estimate of drug-likeness (QED) is 0.485. The van der Waals surface area contributed by atoms with Gasteiger partial charge in [0.2, 0.25) is 5.82 Å². The van der Waals surface area contributed by atoms with Crippen LogP contribution in [0.25, 0.3) is 22.7 Å². The molecule has 0 aliphatic rings. The van der Waals surface area contributed by atoms with Crippen LogP contribution in [0.2, 0.25) is 0 Å². The fraction of sp³-hybridized carbons (Fsp3) is 0.0455. The number of nitrogens with one attached hydrogen (secondary N) is 1. The molecule has 0 aliphatic carbocycles. The van der Waals surface area contributed by atoms with E-state index < -0.39 is 0 Å². The van der Waals surface area contributed by atoms with Crippen LogP contribution >= 0.6 is 0 Å². The van der Waals surface area contributed by atoms with Crippen LogP contribution in [-0.4, -0.2) is 35.5 Å². The van der Waals surface area contributed by atoms with Crippen molar-refractivity contribution in [1.82, 2.24) is 29.6 Å². The van der Waals surface area contributed by atoms with Gasteiger partial charge in [0.1, 0.15) is 17.2 Å². The molecule has 0 fully saturated rings. The van der Waals surface area contributed by atoms with Gasteiger partial charge in [-0.05, 0) is 66.2 Å². The lowest BCUT2D eigenvalue weighted by Gasteiger charge is -2.10. The molecule has 0 spiro atoms. The van der Waals surface area contributed by atoms with Crippen LogP contribution in [0.3, 0.4) is 0 Å². The van der Waals surface area contributed by atoms with Gasteiger partial charge < -0.3 is 5.32 Å². The molecule has 1 amide bonds. The number of nitrogens with zero attached hydrogens (tertiary/aromatic N) is 6. The molecular weight excluding hydrogens is 397 g/mol. The number of carbonyl (C=O) groups is 1. The molecule has 152 valence electrons. The number of carbonyl (C=O) groups excluding carboxylic acids is 1. The van der Waals surface area contributed by atoms with E-state index in [1.165, 1.54) is 23.1 Å². The Hall–Kier alpha value is -4.40. The standard InChI is InChI=1S/C22H16FN7O/c1-14-5-10-17(30-27-21(26-28-30)15-6-8-16(23)9-7-15)12-18(14)25-22(31)19-13-24-20-4-2-3-11-29(19)20/h2-13H,1H3,(H,25,31). The van der Waals surface area contributed by atoms with Crippen molar-refractivity contribution >= 4 is 17.2 Å². The molecule has 0 saturated heterocycles. The van der Waals surface area contributed by atoms with Gasteiger partial charge in [-0.25, -0.2) is 9.37 Å². The summed E-state index contributed by atoms with van der Waals surface area (Å²) >= 11 is 0. The Kier molecular flexibility index (Phi) is 4.47. The van der Waals surface area contributed by atoms with Gasteiger partial charge >= 0.3 is 0 Å². The molecule has 5 aromatic rings. The molecule has 5 rings (SSSR count). The van der Waals surface area contributed by atoms with Crippen LogP contribution < -0.4 is 5.32 Å². The van der Waals surface area contributed by atoms with Gasteiger partial charge in [-0.15, -0.1) is 15.0 Å². The first kappa shape index (κ1) is 18.6. The minimum Gasteiger partial charge on any atom is -0.320 e. The fourth-order valence-corrected chi connectivity index (χ4v) is 3.19. The molecule has 2 aromatic carbocycles. The number of aryl methyl sites for hydroxylation is 1.